The lowest BCUT2D eigenvalue weighted by atomic mass is 10.1. The summed E-state index contributed by atoms with van der Waals surface area (Å²) < 4.78 is 46.2. The number of nitrogens with two attached hydrogens (primary N) is 1. The molecule has 3 N–H and O–H groups in total. The third-order valence-corrected chi connectivity index (χ3v) is 8.82. The quantitative estimate of drug-likeness (QED) is 0.359. The monoisotopic (exact) mass is 514 g/mol. The smallest absolute Gasteiger partial charge is 0.231 e. The van der Waals surface area contributed by atoms with Gasteiger partial charge in [0.15, 0.2) is 33.6 Å². The van der Waals surface area contributed by atoms with Crippen LogP contribution >= 0.6 is 11.8 Å². The number of aryl methyl sites for hydroxylation is 1. The van der Waals surface area contributed by atoms with E-state index < -0.39 is 10.0 Å². The van der Waals surface area contributed by atoms with E-state index in [-0.39, 0.29) is 24.4 Å². The molecular weight excluding hydrogens is 492 g/mol. The van der Waals surface area contributed by atoms with Crippen molar-refractivity contribution in [3.05, 3.63) is 36.4 Å². The molecule has 182 valence electrons. The van der Waals surface area contributed by atoms with Crippen LogP contribution in [-0.4, -0.2) is 46.5 Å². The van der Waals surface area contributed by atoms with Crippen LogP contribution in [-0.2, 0) is 16.6 Å². The van der Waals surface area contributed by atoms with Crippen molar-refractivity contribution in [1.82, 2.24) is 24.2 Å². The Morgan fingerprint density at radius 2 is 2.00 bits per heavy atom. The van der Waals surface area contributed by atoms with Gasteiger partial charge < -0.3 is 24.2 Å². The molecule has 2 aliphatic rings. The van der Waals surface area contributed by atoms with Gasteiger partial charge >= 0.3 is 0 Å². The van der Waals surface area contributed by atoms with E-state index in [0.29, 0.717) is 53.0 Å². The predicted molar refractivity (Wildman–Crippen MR) is 129 cm³/mol. The van der Waals surface area contributed by atoms with Crippen LogP contribution in [0.2, 0.25) is 0 Å². The van der Waals surface area contributed by atoms with Crippen LogP contribution in [0.5, 0.6) is 11.5 Å². The van der Waals surface area contributed by atoms with E-state index in [2.05, 4.69) is 14.7 Å². The average Bonchev–Trinajstić information content (AvgIpc) is 3.31. The summed E-state index contributed by atoms with van der Waals surface area (Å²) in [6.07, 6.45) is 2.77. The molecule has 35 heavy (non-hydrogen) atoms. The van der Waals surface area contributed by atoms with Crippen molar-refractivity contribution in [1.29, 1.82) is 0 Å². The maximum atomic E-state index is 12.3. The fourth-order valence-electron chi connectivity index (χ4n) is 3.89. The van der Waals surface area contributed by atoms with Crippen molar-refractivity contribution < 1.29 is 22.3 Å². The van der Waals surface area contributed by atoms with E-state index in [4.69, 9.17) is 24.6 Å². The number of hydrogen-bond acceptors (Lipinski definition) is 10. The lowest BCUT2D eigenvalue weighted by molar-refractivity contribution is 0.174. The Kier molecular flexibility index (Phi) is 5.34. The molecule has 13 heteroatoms. The van der Waals surface area contributed by atoms with Gasteiger partial charge in [-0.1, -0.05) is 11.8 Å². The second-order valence-corrected chi connectivity index (χ2v) is 11.4. The Morgan fingerprint density at radius 1 is 1.20 bits per heavy atom. The highest BCUT2D eigenvalue weighted by Crippen LogP contribution is 2.45. The Hall–Kier alpha value is -3.29. The fourth-order valence-corrected chi connectivity index (χ4v) is 6.31. The molecule has 3 aromatic heterocycles. The number of rotatable bonds is 8. The molecule has 0 spiro atoms. The molecule has 0 saturated heterocycles. The summed E-state index contributed by atoms with van der Waals surface area (Å²) in [6.45, 7) is 2.55. The highest BCUT2D eigenvalue weighted by atomic mass is 32.2. The van der Waals surface area contributed by atoms with E-state index in [0.717, 1.165) is 16.2 Å². The van der Waals surface area contributed by atoms with Crippen LogP contribution in [0, 0.1) is 6.92 Å². The van der Waals surface area contributed by atoms with Crippen LogP contribution < -0.4 is 19.9 Å². The fraction of sp³-hybridized carbons (Fsp3) is 0.318. The number of benzene rings is 1. The number of furan rings is 1. The van der Waals surface area contributed by atoms with Crippen LogP contribution in [0.3, 0.4) is 0 Å². The van der Waals surface area contributed by atoms with Gasteiger partial charge in [-0.2, -0.15) is 0 Å². The van der Waals surface area contributed by atoms with Gasteiger partial charge in [-0.3, -0.25) is 0 Å². The van der Waals surface area contributed by atoms with E-state index in [1.807, 2.05) is 35.8 Å². The highest BCUT2D eigenvalue weighted by Gasteiger charge is 2.35. The molecule has 1 aliphatic carbocycles. The summed E-state index contributed by atoms with van der Waals surface area (Å²) in [6, 6.07) is 7.56. The first-order valence-electron chi connectivity index (χ1n) is 11.0. The summed E-state index contributed by atoms with van der Waals surface area (Å²) in [7, 11) is -3.31. The van der Waals surface area contributed by atoms with Crippen LogP contribution in [0.4, 0.5) is 5.82 Å². The van der Waals surface area contributed by atoms with Crippen LogP contribution in [0.25, 0.3) is 22.5 Å². The van der Waals surface area contributed by atoms with Gasteiger partial charge in [0.2, 0.25) is 16.8 Å². The average molecular weight is 515 g/mol. The van der Waals surface area contributed by atoms with Crippen LogP contribution in [0.15, 0.2) is 45.1 Å². The van der Waals surface area contributed by atoms with Gasteiger partial charge in [0, 0.05) is 23.5 Å². The summed E-state index contributed by atoms with van der Waals surface area (Å²) in [5.74, 6) is 2.98. The van der Waals surface area contributed by atoms with Gasteiger partial charge in [0.1, 0.15) is 17.8 Å². The minimum absolute atomic E-state index is 0.145. The van der Waals surface area contributed by atoms with Gasteiger partial charge in [-0.25, -0.2) is 28.1 Å². The molecule has 6 rings (SSSR count). The van der Waals surface area contributed by atoms with E-state index >= 15 is 0 Å². The Morgan fingerprint density at radius 3 is 2.74 bits per heavy atom. The van der Waals surface area contributed by atoms with Gasteiger partial charge in [0.05, 0.1) is 5.25 Å². The maximum absolute atomic E-state index is 12.3. The third-order valence-electron chi connectivity index (χ3n) is 5.81. The zero-order chi connectivity index (χ0) is 24.2. The SMILES string of the molecule is Cc1ccc(-c2cc3c(cc2Sc2nc4c(N)ncnc4n2CCNS(=O)(=O)C2CC2)OCO3)o1. The van der Waals surface area contributed by atoms with Crippen molar-refractivity contribution >= 4 is 38.8 Å². The predicted octanol–water partition coefficient (Wildman–Crippen LogP) is 2.94. The van der Waals surface area contributed by atoms with Crippen LogP contribution in [0.1, 0.15) is 18.6 Å². The van der Waals surface area contributed by atoms with Gasteiger partial charge in [-0.15, -0.1) is 0 Å². The molecule has 1 saturated carbocycles. The molecule has 1 aromatic carbocycles. The number of sulfonamides is 1. The molecule has 0 unspecified atom stereocenters. The molecule has 1 fully saturated rings. The number of aromatic nitrogens is 4. The number of nitrogens with one attached hydrogen (secondary N) is 1. The first kappa shape index (κ1) is 22.2. The van der Waals surface area contributed by atoms with Crippen molar-refractivity contribution in [2.24, 2.45) is 0 Å². The molecule has 4 heterocycles. The van der Waals surface area contributed by atoms with Gasteiger partial charge in [-0.05, 0) is 44.0 Å². The normalized spacial score (nSPS) is 15.2. The number of ether oxygens (including phenoxy) is 2. The number of fused-ring (bicyclic) bond motifs is 2. The number of nitrogens with zero attached hydrogens (tertiary/aromatic N) is 4. The number of hydrogen-bond donors (Lipinski definition) is 2. The summed E-state index contributed by atoms with van der Waals surface area (Å²) >= 11 is 1.38. The molecule has 0 atom stereocenters. The van der Waals surface area contributed by atoms with E-state index in [1.165, 1.54) is 18.1 Å². The lowest BCUT2D eigenvalue weighted by Gasteiger charge is -2.12. The molecule has 4 aromatic rings. The Balaban J connectivity index is 1.39. The zero-order valence-corrected chi connectivity index (χ0v) is 20.4. The topological polar surface area (TPSA) is 147 Å². The Bertz CT molecular complexity index is 1540. The van der Waals surface area contributed by atoms with Crippen molar-refractivity contribution in [2.45, 2.75) is 41.6 Å². The maximum Gasteiger partial charge on any atom is 0.231 e. The number of nitrogen functional groups attached to an aromatic ring is 1. The number of anilines is 1. The number of imidazole rings is 1. The highest BCUT2D eigenvalue weighted by molar-refractivity contribution is 7.99. The first-order chi connectivity index (χ1) is 16.9. The molecule has 0 radical (unpaired) electrons. The first-order valence-corrected chi connectivity index (χ1v) is 13.4. The van der Waals surface area contributed by atoms with Gasteiger partial charge in [0.25, 0.3) is 0 Å². The molecule has 0 amide bonds. The van der Waals surface area contributed by atoms with E-state index in [9.17, 15) is 8.42 Å². The largest absolute Gasteiger partial charge is 0.461 e. The van der Waals surface area contributed by atoms with E-state index in [1.54, 1.807) is 0 Å². The van der Waals surface area contributed by atoms with Crippen molar-refractivity contribution in [3.63, 3.8) is 0 Å². The second kappa shape index (κ2) is 8.43. The zero-order valence-electron chi connectivity index (χ0n) is 18.7. The second-order valence-electron chi connectivity index (χ2n) is 8.33. The molecule has 0 bridgehead atoms. The van der Waals surface area contributed by atoms with Crippen molar-refractivity contribution in [3.8, 4) is 22.8 Å². The molecule has 1 aliphatic heterocycles. The third kappa shape index (κ3) is 4.19. The summed E-state index contributed by atoms with van der Waals surface area (Å²) in [4.78, 5) is 13.9. The summed E-state index contributed by atoms with van der Waals surface area (Å²) in [5.41, 5.74) is 7.88. The minimum atomic E-state index is -3.31. The van der Waals surface area contributed by atoms with Crippen molar-refractivity contribution in [2.75, 3.05) is 19.1 Å². The lowest BCUT2D eigenvalue weighted by Crippen LogP contribution is -2.30. The molecular formula is C22H22N6O5S2. The minimum Gasteiger partial charge on any atom is -0.461 e. The summed E-state index contributed by atoms with van der Waals surface area (Å²) in [5, 5.41) is 0.294. The molecule has 11 nitrogen and oxygen atoms in total. The Labute approximate surface area is 205 Å². The standard InChI is InChI=1S/C22H22N6O5S2/c1-12-2-5-15(33-12)14-8-16-17(32-11-31-16)9-18(14)34-22-27-19-20(23)24-10-25-21(19)28(22)7-6-26-35(29,30)13-3-4-13/h2,5,8-10,13,26H,3-4,6-7,11H2,1H3,(H2,23,24,25).